The molecule has 0 spiro atoms. The summed E-state index contributed by atoms with van der Waals surface area (Å²) in [5, 5.41) is 11.5. The zero-order valence-corrected chi connectivity index (χ0v) is 10.8. The van der Waals surface area contributed by atoms with Gasteiger partial charge in [-0.15, -0.1) is 0 Å². The van der Waals surface area contributed by atoms with Gasteiger partial charge in [0.15, 0.2) is 0 Å². The lowest BCUT2D eigenvalue weighted by Crippen LogP contribution is -2.27. The quantitative estimate of drug-likeness (QED) is 0.798. The van der Waals surface area contributed by atoms with Crippen molar-refractivity contribution in [3.8, 4) is 0 Å². The van der Waals surface area contributed by atoms with Crippen molar-refractivity contribution >= 4 is 18.0 Å². The number of hydrogen-bond acceptors (Lipinski definition) is 2. The van der Waals surface area contributed by atoms with Gasteiger partial charge < -0.3 is 10.4 Å². The van der Waals surface area contributed by atoms with Crippen LogP contribution in [0.15, 0.2) is 30.3 Å². The highest BCUT2D eigenvalue weighted by atomic mass is 16.4. The van der Waals surface area contributed by atoms with Crippen molar-refractivity contribution in [2.24, 2.45) is 5.92 Å². The number of carboxylic acids is 1. The van der Waals surface area contributed by atoms with Crippen LogP contribution < -0.4 is 5.32 Å². The Labute approximate surface area is 112 Å². The van der Waals surface area contributed by atoms with E-state index in [0.717, 1.165) is 30.0 Å². The maximum atomic E-state index is 11.6. The minimum absolute atomic E-state index is 0.0226. The Balaban J connectivity index is 1.96. The molecule has 1 aliphatic carbocycles. The summed E-state index contributed by atoms with van der Waals surface area (Å²) in [5.41, 5.74) is 1.84. The Bertz CT molecular complexity index is 501. The van der Waals surface area contributed by atoms with Crippen LogP contribution in [0, 0.1) is 5.92 Å². The Kier molecular flexibility index (Phi) is 4.00. The van der Waals surface area contributed by atoms with Crippen LogP contribution in [-0.2, 0) is 9.59 Å². The molecule has 2 N–H and O–H groups in total. The van der Waals surface area contributed by atoms with Gasteiger partial charge >= 0.3 is 5.97 Å². The minimum atomic E-state index is -0.964. The number of hydrogen-bond donors (Lipinski definition) is 2. The second kappa shape index (κ2) is 5.69. The molecule has 4 heteroatoms. The van der Waals surface area contributed by atoms with Gasteiger partial charge in [0.1, 0.15) is 0 Å². The molecule has 1 unspecified atom stereocenters. The van der Waals surface area contributed by atoms with Crippen LogP contribution in [0.25, 0.3) is 6.08 Å². The zero-order valence-electron chi connectivity index (χ0n) is 10.8. The van der Waals surface area contributed by atoms with Gasteiger partial charge in [0.2, 0.25) is 5.91 Å². The standard InChI is InChI=1S/C15H17NO3/c1-10(16-15(19)13-7-8-13)12-5-2-11(3-6-12)4-9-14(17)18/h2-6,9-10,13H,7-8H2,1H3,(H,16,19)(H,17,18). The van der Waals surface area contributed by atoms with Crippen molar-refractivity contribution < 1.29 is 14.7 Å². The molecule has 1 saturated carbocycles. The smallest absolute Gasteiger partial charge is 0.328 e. The van der Waals surface area contributed by atoms with E-state index in [1.807, 2.05) is 31.2 Å². The number of carbonyl (C=O) groups excluding carboxylic acids is 1. The summed E-state index contributed by atoms with van der Waals surface area (Å²) in [6.07, 6.45) is 4.64. The number of benzene rings is 1. The van der Waals surface area contributed by atoms with Crippen molar-refractivity contribution in [1.82, 2.24) is 5.32 Å². The van der Waals surface area contributed by atoms with Crippen LogP contribution in [0.3, 0.4) is 0 Å². The summed E-state index contributed by atoms with van der Waals surface area (Å²) in [4.78, 5) is 22.1. The third-order valence-corrected chi connectivity index (χ3v) is 3.16. The van der Waals surface area contributed by atoms with E-state index in [2.05, 4.69) is 5.32 Å². The molecule has 1 aromatic carbocycles. The van der Waals surface area contributed by atoms with Crippen LogP contribution in [0.1, 0.15) is 36.9 Å². The summed E-state index contributed by atoms with van der Waals surface area (Å²) in [7, 11) is 0. The third-order valence-electron chi connectivity index (χ3n) is 3.16. The average molecular weight is 259 g/mol. The van der Waals surface area contributed by atoms with Crippen LogP contribution in [0.2, 0.25) is 0 Å². The monoisotopic (exact) mass is 259 g/mol. The average Bonchev–Trinajstić information content (AvgIpc) is 3.21. The van der Waals surface area contributed by atoms with Gasteiger partial charge in [0.05, 0.1) is 6.04 Å². The zero-order chi connectivity index (χ0) is 13.8. The van der Waals surface area contributed by atoms with Gasteiger partial charge in [0.25, 0.3) is 0 Å². The van der Waals surface area contributed by atoms with E-state index in [4.69, 9.17) is 5.11 Å². The fourth-order valence-electron chi connectivity index (χ4n) is 1.82. The molecule has 0 heterocycles. The molecule has 0 bridgehead atoms. The molecule has 1 fully saturated rings. The van der Waals surface area contributed by atoms with Crippen LogP contribution in [-0.4, -0.2) is 17.0 Å². The summed E-state index contributed by atoms with van der Waals surface area (Å²) in [6, 6.07) is 7.47. The number of rotatable bonds is 5. The molecule has 0 aliphatic heterocycles. The Morgan fingerprint density at radius 2 is 1.95 bits per heavy atom. The summed E-state index contributed by atoms with van der Waals surface area (Å²) in [5.74, 6) is -0.628. The maximum absolute atomic E-state index is 11.6. The van der Waals surface area contributed by atoms with Gasteiger partial charge in [0, 0.05) is 12.0 Å². The lowest BCUT2D eigenvalue weighted by atomic mass is 10.1. The molecule has 1 aliphatic rings. The van der Waals surface area contributed by atoms with Gasteiger partial charge in [-0.05, 0) is 37.0 Å². The number of nitrogens with one attached hydrogen (secondary N) is 1. The third kappa shape index (κ3) is 3.95. The molecule has 0 aromatic heterocycles. The molecule has 100 valence electrons. The fourth-order valence-corrected chi connectivity index (χ4v) is 1.82. The van der Waals surface area contributed by atoms with E-state index in [-0.39, 0.29) is 17.9 Å². The lowest BCUT2D eigenvalue weighted by Gasteiger charge is -2.14. The first-order valence-corrected chi connectivity index (χ1v) is 6.37. The molecule has 1 atom stereocenters. The van der Waals surface area contributed by atoms with Gasteiger partial charge in [-0.2, -0.15) is 0 Å². The number of amides is 1. The second-order valence-corrected chi connectivity index (χ2v) is 4.84. The largest absolute Gasteiger partial charge is 0.478 e. The van der Waals surface area contributed by atoms with Gasteiger partial charge in [-0.1, -0.05) is 24.3 Å². The van der Waals surface area contributed by atoms with Crippen molar-refractivity contribution in [3.63, 3.8) is 0 Å². The number of carboxylic acid groups (broad SMARTS) is 1. The molecule has 1 aromatic rings. The first-order chi connectivity index (χ1) is 9.06. The van der Waals surface area contributed by atoms with E-state index in [1.165, 1.54) is 0 Å². The molecular weight excluding hydrogens is 242 g/mol. The van der Waals surface area contributed by atoms with Crippen LogP contribution in [0.5, 0.6) is 0 Å². The normalized spacial score (nSPS) is 16.3. The van der Waals surface area contributed by atoms with Gasteiger partial charge in [-0.25, -0.2) is 4.79 Å². The van der Waals surface area contributed by atoms with Gasteiger partial charge in [-0.3, -0.25) is 4.79 Å². The molecule has 0 saturated heterocycles. The Hall–Kier alpha value is -2.10. The molecular formula is C15H17NO3. The van der Waals surface area contributed by atoms with Crippen LogP contribution in [0.4, 0.5) is 0 Å². The second-order valence-electron chi connectivity index (χ2n) is 4.84. The minimum Gasteiger partial charge on any atom is -0.478 e. The Morgan fingerprint density at radius 3 is 2.47 bits per heavy atom. The van der Waals surface area contributed by atoms with Crippen molar-refractivity contribution in [1.29, 1.82) is 0 Å². The predicted molar refractivity (Wildman–Crippen MR) is 72.4 cm³/mol. The first-order valence-electron chi connectivity index (χ1n) is 6.37. The number of aliphatic carboxylic acids is 1. The fraction of sp³-hybridized carbons (Fsp3) is 0.333. The van der Waals surface area contributed by atoms with E-state index < -0.39 is 5.97 Å². The van der Waals surface area contributed by atoms with Crippen molar-refractivity contribution in [2.75, 3.05) is 0 Å². The highest BCUT2D eigenvalue weighted by Crippen LogP contribution is 2.29. The summed E-state index contributed by atoms with van der Waals surface area (Å²) in [6.45, 7) is 1.95. The van der Waals surface area contributed by atoms with E-state index in [9.17, 15) is 9.59 Å². The summed E-state index contributed by atoms with van der Waals surface area (Å²) >= 11 is 0. The SMILES string of the molecule is CC(NC(=O)C1CC1)c1ccc(C=CC(=O)O)cc1. The van der Waals surface area contributed by atoms with E-state index in [0.29, 0.717) is 0 Å². The van der Waals surface area contributed by atoms with E-state index >= 15 is 0 Å². The lowest BCUT2D eigenvalue weighted by molar-refractivity contribution is -0.131. The predicted octanol–water partition coefficient (Wildman–Crippen LogP) is 2.37. The highest BCUT2D eigenvalue weighted by Gasteiger charge is 2.30. The molecule has 2 rings (SSSR count). The van der Waals surface area contributed by atoms with E-state index in [1.54, 1.807) is 6.08 Å². The Morgan fingerprint density at radius 1 is 1.32 bits per heavy atom. The highest BCUT2D eigenvalue weighted by molar-refractivity contribution is 5.85. The first kappa shape index (κ1) is 13.3. The molecule has 0 radical (unpaired) electrons. The molecule has 1 amide bonds. The summed E-state index contributed by atoms with van der Waals surface area (Å²) < 4.78 is 0. The number of carbonyl (C=O) groups is 2. The van der Waals surface area contributed by atoms with Crippen molar-refractivity contribution in [3.05, 3.63) is 41.5 Å². The topological polar surface area (TPSA) is 66.4 Å². The maximum Gasteiger partial charge on any atom is 0.328 e. The van der Waals surface area contributed by atoms with Crippen molar-refractivity contribution in [2.45, 2.75) is 25.8 Å². The van der Waals surface area contributed by atoms with Crippen LogP contribution >= 0.6 is 0 Å². The molecule has 19 heavy (non-hydrogen) atoms. The molecule has 4 nitrogen and oxygen atoms in total.